The molecule has 162 valence electrons. The summed E-state index contributed by atoms with van der Waals surface area (Å²) in [4.78, 5) is 6.18. The van der Waals surface area contributed by atoms with Crippen LogP contribution >= 0.6 is 12.2 Å². The van der Waals surface area contributed by atoms with Gasteiger partial charge in [0.1, 0.15) is 35.5 Å². The second kappa shape index (κ2) is 7.63. The molecule has 0 amide bonds. The third-order valence-electron chi connectivity index (χ3n) is 5.49. The van der Waals surface area contributed by atoms with Gasteiger partial charge in [0.25, 0.3) is 0 Å². The zero-order valence-corrected chi connectivity index (χ0v) is 16.9. The number of aromatic nitrogens is 3. The van der Waals surface area contributed by atoms with Gasteiger partial charge in [-0.05, 0) is 36.5 Å². The van der Waals surface area contributed by atoms with E-state index in [0.717, 1.165) is 18.2 Å². The summed E-state index contributed by atoms with van der Waals surface area (Å²) < 4.78 is 57.0. The van der Waals surface area contributed by atoms with Crippen LogP contribution in [0.3, 0.4) is 0 Å². The fourth-order valence-corrected chi connectivity index (χ4v) is 4.11. The van der Waals surface area contributed by atoms with Crippen molar-refractivity contribution in [2.24, 2.45) is 0 Å². The average molecular weight is 450 g/mol. The Labute approximate surface area is 180 Å². The molecule has 1 saturated carbocycles. The summed E-state index contributed by atoms with van der Waals surface area (Å²) in [6, 6.07) is 3.82. The number of benzene rings is 1. The summed E-state index contributed by atoms with van der Waals surface area (Å²) in [6.45, 7) is 0.000227. The summed E-state index contributed by atoms with van der Waals surface area (Å²) in [7, 11) is 0. The number of halogens is 4. The average Bonchev–Trinajstić information content (AvgIpc) is 3.11. The smallest absolute Gasteiger partial charge is 0.180 e. The molecule has 1 aromatic carbocycles. The molecular weight excluding hydrogens is 432 g/mol. The van der Waals surface area contributed by atoms with Gasteiger partial charge in [-0.25, -0.2) is 27.1 Å². The van der Waals surface area contributed by atoms with Gasteiger partial charge in [-0.3, -0.25) is 0 Å². The van der Waals surface area contributed by atoms with Crippen LogP contribution in [0.5, 0.6) is 0 Å². The Hall–Kier alpha value is -2.95. The number of alkyl halides is 2. The highest BCUT2D eigenvalue weighted by Crippen LogP contribution is 2.38. The quantitative estimate of drug-likeness (QED) is 0.467. The van der Waals surface area contributed by atoms with Crippen LogP contribution in [0.4, 0.5) is 29.1 Å². The Morgan fingerprint density at radius 3 is 2.74 bits per heavy atom. The molecule has 1 aliphatic heterocycles. The van der Waals surface area contributed by atoms with Gasteiger partial charge in [0.15, 0.2) is 10.8 Å². The number of nitrogens with one attached hydrogen (secondary N) is 2. The second-order valence-corrected chi connectivity index (χ2v) is 8.14. The van der Waals surface area contributed by atoms with Crippen LogP contribution in [-0.4, -0.2) is 44.6 Å². The highest BCUT2D eigenvalue weighted by atomic mass is 32.1. The molecule has 4 atom stereocenters. The van der Waals surface area contributed by atoms with E-state index in [0.29, 0.717) is 23.6 Å². The number of rotatable bonds is 4. The van der Waals surface area contributed by atoms with Crippen LogP contribution < -0.4 is 15.5 Å². The molecule has 2 N–H and O–H groups in total. The summed E-state index contributed by atoms with van der Waals surface area (Å²) in [6.07, 6.45) is 1.48. The van der Waals surface area contributed by atoms with E-state index >= 15 is 0 Å². The van der Waals surface area contributed by atoms with E-state index in [1.54, 1.807) is 17.2 Å². The molecule has 2 fully saturated rings. The first-order valence-electron chi connectivity index (χ1n) is 9.80. The molecule has 0 spiro atoms. The monoisotopic (exact) mass is 450 g/mol. The molecule has 2 aromatic heterocycles. The van der Waals surface area contributed by atoms with Crippen LogP contribution in [0.15, 0.2) is 36.7 Å². The number of hydrogen-bond donors (Lipinski definition) is 2. The lowest BCUT2D eigenvalue weighted by atomic mass is 10.0. The van der Waals surface area contributed by atoms with E-state index in [-0.39, 0.29) is 29.7 Å². The first kappa shape index (κ1) is 20.0. The van der Waals surface area contributed by atoms with E-state index in [9.17, 15) is 17.6 Å². The second-order valence-electron chi connectivity index (χ2n) is 7.74. The van der Waals surface area contributed by atoms with Crippen molar-refractivity contribution in [2.75, 3.05) is 16.8 Å². The molecule has 6 nitrogen and oxygen atoms in total. The van der Waals surface area contributed by atoms with Crippen LogP contribution in [0.2, 0.25) is 0 Å². The van der Waals surface area contributed by atoms with Crippen LogP contribution in [0, 0.1) is 11.6 Å². The maximum atomic E-state index is 14.4. The first-order valence-corrected chi connectivity index (χ1v) is 10.2. The minimum Gasteiger partial charge on any atom is -0.357 e. The third-order valence-corrected chi connectivity index (χ3v) is 5.71. The summed E-state index contributed by atoms with van der Waals surface area (Å²) in [5.41, 5.74) is 0.985. The van der Waals surface area contributed by atoms with Crippen molar-refractivity contribution in [1.82, 2.24) is 19.9 Å². The van der Waals surface area contributed by atoms with E-state index in [1.165, 1.54) is 10.7 Å². The number of anilines is 2. The van der Waals surface area contributed by atoms with Crippen molar-refractivity contribution < 1.29 is 17.6 Å². The predicted molar refractivity (Wildman–Crippen MR) is 112 cm³/mol. The predicted octanol–water partition coefficient (Wildman–Crippen LogP) is 3.69. The third kappa shape index (κ3) is 3.89. The zero-order valence-electron chi connectivity index (χ0n) is 16.1. The van der Waals surface area contributed by atoms with E-state index < -0.39 is 30.0 Å². The van der Waals surface area contributed by atoms with Gasteiger partial charge in [-0.15, -0.1) is 0 Å². The lowest BCUT2D eigenvalue weighted by Gasteiger charge is -2.26. The summed E-state index contributed by atoms with van der Waals surface area (Å²) in [5, 5.41) is 10.3. The van der Waals surface area contributed by atoms with Crippen molar-refractivity contribution in [3.8, 4) is 0 Å². The molecule has 3 heterocycles. The summed E-state index contributed by atoms with van der Waals surface area (Å²) in [5.74, 6) is -0.785. The van der Waals surface area contributed by atoms with Gasteiger partial charge in [-0.1, -0.05) is 0 Å². The van der Waals surface area contributed by atoms with Gasteiger partial charge in [-0.2, -0.15) is 5.10 Å². The number of nitrogens with zero attached hydrogens (tertiary/aromatic N) is 4. The van der Waals surface area contributed by atoms with E-state index in [1.807, 2.05) is 0 Å². The van der Waals surface area contributed by atoms with Crippen LogP contribution in [0.1, 0.15) is 24.4 Å². The molecule has 3 aromatic rings. The maximum Gasteiger partial charge on any atom is 0.180 e. The van der Waals surface area contributed by atoms with Gasteiger partial charge < -0.3 is 15.5 Å². The van der Waals surface area contributed by atoms with Gasteiger partial charge in [0.2, 0.25) is 0 Å². The number of hydrogen-bond acceptors (Lipinski definition) is 4. The Morgan fingerprint density at radius 1 is 1.16 bits per heavy atom. The van der Waals surface area contributed by atoms with E-state index in [2.05, 4.69) is 20.7 Å². The summed E-state index contributed by atoms with van der Waals surface area (Å²) >= 11 is 5.21. The fourth-order valence-electron chi connectivity index (χ4n) is 3.85. The van der Waals surface area contributed by atoms with Crippen molar-refractivity contribution >= 4 is 34.5 Å². The lowest BCUT2D eigenvalue weighted by Crippen LogP contribution is -2.31. The molecule has 5 rings (SSSR count). The van der Waals surface area contributed by atoms with Crippen molar-refractivity contribution in [1.29, 1.82) is 0 Å². The Kier molecular flexibility index (Phi) is 4.92. The highest BCUT2D eigenvalue weighted by Gasteiger charge is 2.38. The van der Waals surface area contributed by atoms with Gasteiger partial charge >= 0.3 is 0 Å². The SMILES string of the molecule is Fc1ccc(F)c([C@H]2C[C@H](F)CN2c2ccn3ncc(NC(=S)N[C@H]4C[C@H]4F)c3n2)c1. The normalized spacial score (nSPS) is 25.1. The van der Waals surface area contributed by atoms with E-state index in [4.69, 9.17) is 12.2 Å². The van der Waals surface area contributed by atoms with Crippen molar-refractivity contribution in [2.45, 2.75) is 37.3 Å². The molecule has 0 radical (unpaired) electrons. The minimum absolute atomic E-state index is 0.000227. The molecule has 0 bridgehead atoms. The Bertz CT molecular complexity index is 1150. The molecule has 0 unspecified atom stereocenters. The standard InChI is InChI=1S/C20H18F4N6S/c21-10-1-2-13(23)12(5-10)17-6-11(22)9-29(17)18-3-4-30-19(28-18)16(8-25-30)27-20(31)26-15-7-14(15)24/h1-5,8,11,14-15,17H,6-7,9H2,(H2,26,27,31)/t11-,14+,15-,17+/m0/s1. The van der Waals surface area contributed by atoms with Crippen molar-refractivity contribution in [3.05, 3.63) is 53.9 Å². The maximum absolute atomic E-state index is 14.4. The Morgan fingerprint density at radius 2 is 1.97 bits per heavy atom. The number of fused-ring (bicyclic) bond motifs is 1. The van der Waals surface area contributed by atoms with Gasteiger partial charge in [0, 0.05) is 24.6 Å². The number of thiocarbonyl (C=S) groups is 1. The molecule has 31 heavy (non-hydrogen) atoms. The molecule has 1 saturated heterocycles. The molecular formula is C20H18F4N6S. The molecule has 1 aliphatic carbocycles. The minimum atomic E-state index is -1.21. The van der Waals surface area contributed by atoms with Crippen molar-refractivity contribution in [3.63, 3.8) is 0 Å². The highest BCUT2D eigenvalue weighted by molar-refractivity contribution is 7.80. The fraction of sp³-hybridized carbons (Fsp3) is 0.350. The first-order chi connectivity index (χ1) is 14.9. The largest absolute Gasteiger partial charge is 0.357 e. The van der Waals surface area contributed by atoms with Gasteiger partial charge in [0.05, 0.1) is 24.8 Å². The zero-order chi connectivity index (χ0) is 21.7. The molecule has 2 aliphatic rings. The Balaban J connectivity index is 1.44. The molecule has 11 heteroatoms. The van der Waals surface area contributed by atoms with Crippen LogP contribution in [0.25, 0.3) is 5.65 Å². The van der Waals surface area contributed by atoms with Crippen LogP contribution in [-0.2, 0) is 0 Å². The lowest BCUT2D eigenvalue weighted by molar-refractivity contribution is 0.355. The topological polar surface area (TPSA) is 57.5 Å².